The van der Waals surface area contributed by atoms with Crippen LogP contribution in [0.25, 0.3) is 0 Å². The van der Waals surface area contributed by atoms with Crippen LogP contribution in [0.5, 0.6) is 0 Å². The summed E-state index contributed by atoms with van der Waals surface area (Å²) in [5.41, 5.74) is 0. The highest BCUT2D eigenvalue weighted by molar-refractivity contribution is 5.88. The molecule has 0 aromatic rings. The van der Waals surface area contributed by atoms with Gasteiger partial charge in [0.25, 0.3) is 0 Å². The van der Waals surface area contributed by atoms with Gasteiger partial charge in [0.1, 0.15) is 0 Å². The number of amides is 1. The molecule has 0 unspecified atom stereocenters. The minimum absolute atomic E-state index is 0.000225. The van der Waals surface area contributed by atoms with Crippen LogP contribution in [-0.2, 0) is 14.4 Å². The molecule has 0 aliphatic carbocycles. The monoisotopic (exact) mass is 271 g/mol. The predicted octanol–water partition coefficient (Wildman–Crippen LogP) is -0.516. The maximum Gasteiger partial charge on any atom is 0.234 e. The van der Waals surface area contributed by atoms with Crippen molar-refractivity contribution in [3.63, 3.8) is 0 Å². The highest BCUT2D eigenvalue weighted by Gasteiger charge is 2.09. The van der Waals surface area contributed by atoms with E-state index in [-0.39, 0.29) is 55.6 Å². The van der Waals surface area contributed by atoms with Crippen molar-refractivity contribution in [1.29, 1.82) is 0 Å². The molecule has 0 aromatic heterocycles. The summed E-state index contributed by atoms with van der Waals surface area (Å²) in [6, 6.07) is 0.259. The molecule has 3 N–H and O–H groups in total. The zero-order valence-corrected chi connectivity index (χ0v) is 12.2. The molecule has 0 rings (SSSR count). The average Bonchev–Trinajstić information content (AvgIpc) is 2.33. The third-order valence-electron chi connectivity index (χ3n) is 2.42. The fourth-order valence-corrected chi connectivity index (χ4v) is 1.15. The summed E-state index contributed by atoms with van der Waals surface area (Å²) in [6.07, 6.45) is 0. The van der Waals surface area contributed by atoms with E-state index in [1.165, 1.54) is 0 Å². The fraction of sp³-hybridized carbons (Fsp3) is 0.769. The Morgan fingerprint density at radius 1 is 0.895 bits per heavy atom. The van der Waals surface area contributed by atoms with E-state index in [1.807, 2.05) is 13.8 Å². The van der Waals surface area contributed by atoms with Crippen LogP contribution < -0.4 is 16.0 Å². The van der Waals surface area contributed by atoms with Gasteiger partial charge in [0.2, 0.25) is 5.91 Å². The van der Waals surface area contributed by atoms with Crippen molar-refractivity contribution in [1.82, 2.24) is 16.0 Å². The molecule has 6 heteroatoms. The number of rotatable bonds is 10. The van der Waals surface area contributed by atoms with Gasteiger partial charge in [-0.1, -0.05) is 27.7 Å². The molecule has 0 fully saturated rings. The molecule has 19 heavy (non-hydrogen) atoms. The topological polar surface area (TPSA) is 87.3 Å². The van der Waals surface area contributed by atoms with E-state index in [2.05, 4.69) is 16.0 Å². The third kappa shape index (κ3) is 10.3. The summed E-state index contributed by atoms with van der Waals surface area (Å²) < 4.78 is 0. The van der Waals surface area contributed by atoms with E-state index in [0.717, 1.165) is 0 Å². The van der Waals surface area contributed by atoms with E-state index in [0.29, 0.717) is 0 Å². The van der Waals surface area contributed by atoms with Crippen LogP contribution in [-0.4, -0.2) is 49.7 Å². The van der Waals surface area contributed by atoms with Crippen LogP contribution in [0.1, 0.15) is 27.7 Å². The Morgan fingerprint density at radius 3 is 2.05 bits per heavy atom. The molecule has 1 amide bonds. The Hall–Kier alpha value is -1.27. The molecule has 0 radical (unpaired) electrons. The second kappa shape index (κ2) is 9.63. The van der Waals surface area contributed by atoms with Gasteiger partial charge in [-0.25, -0.2) is 0 Å². The number of nitrogens with one attached hydrogen (secondary N) is 3. The maximum atomic E-state index is 11.4. The summed E-state index contributed by atoms with van der Waals surface area (Å²) in [5.74, 6) is -0.374. The molecule has 0 bridgehead atoms. The number of carbonyl (C=O) groups is 3. The summed E-state index contributed by atoms with van der Waals surface area (Å²) in [6.45, 7) is 8.00. The van der Waals surface area contributed by atoms with Gasteiger partial charge >= 0.3 is 0 Å². The normalized spacial score (nSPS) is 10.8. The highest BCUT2D eigenvalue weighted by Crippen LogP contribution is 1.91. The van der Waals surface area contributed by atoms with E-state index in [1.54, 1.807) is 13.8 Å². The van der Waals surface area contributed by atoms with Crippen LogP contribution in [0.15, 0.2) is 0 Å². The predicted molar refractivity (Wildman–Crippen MR) is 73.9 cm³/mol. The molecule has 110 valence electrons. The average molecular weight is 271 g/mol. The van der Waals surface area contributed by atoms with Crippen LogP contribution in [0.2, 0.25) is 0 Å². The van der Waals surface area contributed by atoms with Crippen molar-refractivity contribution >= 4 is 17.5 Å². The SMILES string of the molecule is CC(C)NCC(=O)CNCC(=O)NCC(=O)C(C)C. The maximum absolute atomic E-state index is 11.4. The van der Waals surface area contributed by atoms with Crippen LogP contribution in [0.3, 0.4) is 0 Å². The molecule has 0 saturated heterocycles. The number of carbonyl (C=O) groups excluding carboxylic acids is 3. The molecule has 6 nitrogen and oxygen atoms in total. The van der Waals surface area contributed by atoms with Gasteiger partial charge in [-0.3, -0.25) is 14.4 Å². The van der Waals surface area contributed by atoms with Crippen LogP contribution >= 0.6 is 0 Å². The van der Waals surface area contributed by atoms with Gasteiger partial charge in [0.15, 0.2) is 11.6 Å². The molecule has 0 aliphatic heterocycles. The first kappa shape index (κ1) is 17.7. The van der Waals surface area contributed by atoms with E-state index in [4.69, 9.17) is 0 Å². The first-order valence-electron chi connectivity index (χ1n) is 6.58. The number of ketones is 2. The molecule has 0 heterocycles. The lowest BCUT2D eigenvalue weighted by molar-refractivity contribution is -0.126. The molecule has 0 saturated carbocycles. The van der Waals surface area contributed by atoms with Gasteiger partial charge in [0.05, 0.1) is 26.2 Å². The van der Waals surface area contributed by atoms with Crippen molar-refractivity contribution in [2.45, 2.75) is 33.7 Å². The number of hydrogen-bond donors (Lipinski definition) is 3. The van der Waals surface area contributed by atoms with Crippen LogP contribution in [0, 0.1) is 5.92 Å². The van der Waals surface area contributed by atoms with E-state index in [9.17, 15) is 14.4 Å². The largest absolute Gasteiger partial charge is 0.348 e. The van der Waals surface area contributed by atoms with Gasteiger partial charge < -0.3 is 16.0 Å². The third-order valence-corrected chi connectivity index (χ3v) is 2.42. The molecule has 0 aliphatic rings. The zero-order chi connectivity index (χ0) is 14.8. The van der Waals surface area contributed by atoms with Gasteiger partial charge in [0, 0.05) is 12.0 Å². The Labute approximate surface area is 114 Å². The Morgan fingerprint density at radius 2 is 1.53 bits per heavy atom. The number of Topliss-reactive ketones (excluding diaryl/α,β-unsaturated/α-hetero) is 2. The van der Waals surface area contributed by atoms with Crippen LogP contribution in [0.4, 0.5) is 0 Å². The molecule has 0 aromatic carbocycles. The van der Waals surface area contributed by atoms with Gasteiger partial charge in [-0.15, -0.1) is 0 Å². The first-order chi connectivity index (χ1) is 8.82. The van der Waals surface area contributed by atoms with Crippen molar-refractivity contribution < 1.29 is 14.4 Å². The lowest BCUT2D eigenvalue weighted by atomic mass is 10.1. The van der Waals surface area contributed by atoms with Gasteiger partial charge in [-0.05, 0) is 0 Å². The summed E-state index contributed by atoms with van der Waals surface area (Å²) in [7, 11) is 0. The van der Waals surface area contributed by atoms with Gasteiger partial charge in [-0.2, -0.15) is 0 Å². The Bertz CT molecular complexity index is 314. The lowest BCUT2D eigenvalue weighted by Crippen LogP contribution is -2.41. The quantitative estimate of drug-likeness (QED) is 0.498. The minimum atomic E-state index is -0.279. The standard InChI is InChI=1S/C13H25N3O3/c1-9(2)12(18)7-16-13(19)8-14-5-11(17)6-15-10(3)4/h9-10,14-15H,5-8H2,1-4H3,(H,16,19). The minimum Gasteiger partial charge on any atom is -0.348 e. The Balaban J connectivity index is 3.63. The smallest absolute Gasteiger partial charge is 0.234 e. The Kier molecular flexibility index (Phi) is 8.99. The van der Waals surface area contributed by atoms with Crippen molar-refractivity contribution in [3.8, 4) is 0 Å². The lowest BCUT2D eigenvalue weighted by Gasteiger charge is -2.09. The summed E-state index contributed by atoms with van der Waals surface area (Å²) in [4.78, 5) is 34.0. The van der Waals surface area contributed by atoms with E-state index >= 15 is 0 Å². The number of hydrogen-bond acceptors (Lipinski definition) is 5. The summed E-state index contributed by atoms with van der Waals surface area (Å²) >= 11 is 0. The molecule has 0 spiro atoms. The second-order valence-corrected chi connectivity index (χ2v) is 5.08. The molecule has 0 atom stereocenters. The summed E-state index contributed by atoms with van der Waals surface area (Å²) in [5, 5.41) is 8.26. The molecular formula is C13H25N3O3. The first-order valence-corrected chi connectivity index (χ1v) is 6.58. The molecular weight excluding hydrogens is 246 g/mol. The highest BCUT2D eigenvalue weighted by atomic mass is 16.2. The van der Waals surface area contributed by atoms with Crippen molar-refractivity contribution in [2.24, 2.45) is 5.92 Å². The second-order valence-electron chi connectivity index (χ2n) is 5.08. The van der Waals surface area contributed by atoms with Crippen molar-refractivity contribution in [2.75, 3.05) is 26.2 Å². The fourth-order valence-electron chi connectivity index (χ4n) is 1.15. The zero-order valence-electron chi connectivity index (χ0n) is 12.2. The van der Waals surface area contributed by atoms with E-state index < -0.39 is 0 Å². The van der Waals surface area contributed by atoms with Crippen molar-refractivity contribution in [3.05, 3.63) is 0 Å².